The topological polar surface area (TPSA) is 57.3 Å². The third kappa shape index (κ3) is 4.27. The van der Waals surface area contributed by atoms with E-state index in [1.165, 1.54) is 12.3 Å². The molecule has 0 unspecified atom stereocenters. The predicted octanol–water partition coefficient (Wildman–Crippen LogP) is 4.26. The van der Waals surface area contributed by atoms with Gasteiger partial charge in [-0.3, -0.25) is 0 Å². The number of hydrogen-bond donors (Lipinski definition) is 2. The molecule has 26 heavy (non-hydrogen) atoms. The molecule has 1 aromatic carbocycles. The van der Waals surface area contributed by atoms with Crippen molar-refractivity contribution in [2.45, 2.75) is 18.6 Å². The molecule has 2 aromatic rings. The fraction of sp³-hybridized carbons (Fsp3) is 0.294. The van der Waals surface area contributed by atoms with Crippen molar-refractivity contribution < 1.29 is 18.0 Å². The van der Waals surface area contributed by atoms with Gasteiger partial charge in [0.25, 0.3) is 0 Å². The van der Waals surface area contributed by atoms with Gasteiger partial charge in [-0.2, -0.15) is 13.2 Å². The number of para-hydroxylation sites is 1. The summed E-state index contributed by atoms with van der Waals surface area (Å²) in [5.41, 5.74) is -0.151. The van der Waals surface area contributed by atoms with Crippen LogP contribution in [0, 0.1) is 0 Å². The molecular weight excluding hydrogens is 413 g/mol. The Bertz CT molecular complexity index is 800. The van der Waals surface area contributed by atoms with Gasteiger partial charge in [-0.15, -0.1) is 0 Å². The van der Waals surface area contributed by atoms with Crippen LogP contribution in [0.2, 0.25) is 0 Å². The summed E-state index contributed by atoms with van der Waals surface area (Å²) < 4.78 is 40.2. The van der Waals surface area contributed by atoms with Crippen molar-refractivity contribution in [2.24, 2.45) is 0 Å². The molecule has 3 rings (SSSR count). The Balaban J connectivity index is 1.63. The van der Waals surface area contributed by atoms with Crippen LogP contribution in [0.1, 0.15) is 12.0 Å². The van der Waals surface area contributed by atoms with Gasteiger partial charge < -0.3 is 15.5 Å². The van der Waals surface area contributed by atoms with Gasteiger partial charge in [0.2, 0.25) is 0 Å². The van der Waals surface area contributed by atoms with Crippen LogP contribution in [0.3, 0.4) is 0 Å². The van der Waals surface area contributed by atoms with Crippen LogP contribution in [0.15, 0.2) is 47.1 Å². The first-order valence-electron chi connectivity index (χ1n) is 7.94. The number of rotatable bonds is 3. The first kappa shape index (κ1) is 18.5. The van der Waals surface area contributed by atoms with Crippen LogP contribution < -0.4 is 15.5 Å². The number of urea groups is 1. The molecule has 2 heterocycles. The zero-order chi connectivity index (χ0) is 18.7. The zero-order valence-electron chi connectivity index (χ0n) is 13.6. The maximum atomic E-state index is 13.1. The van der Waals surface area contributed by atoms with E-state index in [4.69, 9.17) is 0 Å². The molecule has 1 aliphatic rings. The van der Waals surface area contributed by atoms with E-state index >= 15 is 0 Å². The molecule has 0 radical (unpaired) electrons. The molecular formula is C17H16BrF3N4O. The number of alkyl halides is 3. The lowest BCUT2D eigenvalue weighted by atomic mass is 10.2. The van der Waals surface area contributed by atoms with Gasteiger partial charge in [-0.05, 0) is 46.6 Å². The number of pyridine rings is 1. The number of amides is 2. The number of halogens is 4. The fourth-order valence-corrected chi connectivity index (χ4v) is 3.23. The molecule has 138 valence electrons. The summed E-state index contributed by atoms with van der Waals surface area (Å²) >= 11 is 3.34. The number of carbonyl (C=O) groups is 1. The Labute approximate surface area is 156 Å². The highest BCUT2D eigenvalue weighted by Gasteiger charge is 2.37. The number of carbonyl (C=O) groups excluding carboxylic acids is 1. The van der Waals surface area contributed by atoms with Crippen LogP contribution in [0.5, 0.6) is 0 Å². The van der Waals surface area contributed by atoms with Gasteiger partial charge in [0.05, 0.1) is 11.3 Å². The van der Waals surface area contributed by atoms with Gasteiger partial charge >= 0.3 is 12.2 Å². The Kier molecular flexibility index (Phi) is 5.36. The summed E-state index contributed by atoms with van der Waals surface area (Å²) in [7, 11) is 0. The smallest absolute Gasteiger partial charge is 0.354 e. The van der Waals surface area contributed by atoms with Crippen molar-refractivity contribution in [3.8, 4) is 0 Å². The molecule has 2 N–H and O–H groups in total. The largest absolute Gasteiger partial charge is 0.419 e. The number of benzene rings is 1. The summed E-state index contributed by atoms with van der Waals surface area (Å²) in [6, 6.07) is 8.78. The van der Waals surface area contributed by atoms with Crippen molar-refractivity contribution in [1.82, 2.24) is 10.3 Å². The Morgan fingerprint density at radius 3 is 2.73 bits per heavy atom. The van der Waals surface area contributed by atoms with Crippen molar-refractivity contribution in [1.29, 1.82) is 0 Å². The lowest BCUT2D eigenvalue weighted by Gasteiger charge is -2.22. The third-order valence-electron chi connectivity index (χ3n) is 4.04. The minimum Gasteiger partial charge on any atom is -0.354 e. The molecule has 0 spiro atoms. The van der Waals surface area contributed by atoms with E-state index in [1.807, 2.05) is 6.07 Å². The monoisotopic (exact) mass is 428 g/mol. The van der Waals surface area contributed by atoms with Gasteiger partial charge in [-0.25, -0.2) is 9.78 Å². The van der Waals surface area contributed by atoms with E-state index in [0.717, 1.165) is 10.5 Å². The SMILES string of the molecule is O=C(Nc1ccccc1Br)N[C@@H]1CCN(c2ncccc2C(F)(F)F)C1. The van der Waals surface area contributed by atoms with Gasteiger partial charge in [0.15, 0.2) is 0 Å². The van der Waals surface area contributed by atoms with Crippen LogP contribution in [0.25, 0.3) is 0 Å². The average Bonchev–Trinajstić information content (AvgIpc) is 3.04. The number of hydrogen-bond acceptors (Lipinski definition) is 3. The van der Waals surface area contributed by atoms with Crippen LogP contribution in [0.4, 0.5) is 29.5 Å². The Hall–Kier alpha value is -2.29. The molecule has 2 amide bonds. The predicted molar refractivity (Wildman–Crippen MR) is 96.2 cm³/mol. The molecule has 1 saturated heterocycles. The Morgan fingerprint density at radius 2 is 2.00 bits per heavy atom. The summed E-state index contributed by atoms with van der Waals surface area (Å²) in [4.78, 5) is 17.6. The van der Waals surface area contributed by atoms with E-state index in [1.54, 1.807) is 23.1 Å². The molecule has 1 fully saturated rings. The van der Waals surface area contributed by atoms with Crippen LogP contribution >= 0.6 is 15.9 Å². The zero-order valence-corrected chi connectivity index (χ0v) is 15.1. The number of anilines is 2. The number of nitrogens with one attached hydrogen (secondary N) is 2. The van der Waals surface area contributed by atoms with E-state index in [0.29, 0.717) is 18.7 Å². The van der Waals surface area contributed by atoms with E-state index in [-0.39, 0.29) is 18.4 Å². The second-order valence-electron chi connectivity index (χ2n) is 5.88. The molecule has 0 aliphatic carbocycles. The highest BCUT2D eigenvalue weighted by atomic mass is 79.9. The molecule has 9 heteroatoms. The summed E-state index contributed by atoms with van der Waals surface area (Å²) in [6.45, 7) is 0.656. The van der Waals surface area contributed by atoms with Crippen molar-refractivity contribution >= 4 is 33.5 Å². The quantitative estimate of drug-likeness (QED) is 0.767. The molecule has 1 aromatic heterocycles. The summed E-state index contributed by atoms with van der Waals surface area (Å²) in [5, 5.41) is 5.51. The summed E-state index contributed by atoms with van der Waals surface area (Å²) in [5.74, 6) is -0.101. The number of nitrogens with zero attached hydrogens (tertiary/aromatic N) is 2. The Morgan fingerprint density at radius 1 is 1.23 bits per heavy atom. The van der Waals surface area contributed by atoms with Gasteiger partial charge in [0.1, 0.15) is 5.82 Å². The highest BCUT2D eigenvalue weighted by molar-refractivity contribution is 9.10. The normalized spacial score (nSPS) is 17.2. The molecule has 0 saturated carbocycles. The van der Waals surface area contributed by atoms with Gasteiger partial charge in [0, 0.05) is 29.8 Å². The van der Waals surface area contributed by atoms with Crippen LogP contribution in [-0.4, -0.2) is 30.1 Å². The van der Waals surface area contributed by atoms with Gasteiger partial charge in [-0.1, -0.05) is 12.1 Å². The van der Waals surface area contributed by atoms with Crippen LogP contribution in [-0.2, 0) is 6.18 Å². The minimum absolute atomic E-state index is 0.101. The van der Waals surface area contributed by atoms with Crippen molar-refractivity contribution in [2.75, 3.05) is 23.3 Å². The fourth-order valence-electron chi connectivity index (χ4n) is 2.85. The average molecular weight is 429 g/mol. The highest BCUT2D eigenvalue weighted by Crippen LogP contribution is 2.36. The first-order chi connectivity index (χ1) is 12.3. The third-order valence-corrected chi connectivity index (χ3v) is 4.73. The first-order valence-corrected chi connectivity index (χ1v) is 8.73. The molecule has 1 atom stereocenters. The molecule has 1 aliphatic heterocycles. The molecule has 0 bridgehead atoms. The second-order valence-corrected chi connectivity index (χ2v) is 6.74. The van der Waals surface area contributed by atoms with E-state index in [2.05, 4.69) is 31.5 Å². The maximum Gasteiger partial charge on any atom is 0.419 e. The van der Waals surface area contributed by atoms with E-state index in [9.17, 15) is 18.0 Å². The minimum atomic E-state index is -4.47. The second kappa shape index (κ2) is 7.53. The maximum absolute atomic E-state index is 13.1. The lowest BCUT2D eigenvalue weighted by Crippen LogP contribution is -2.40. The van der Waals surface area contributed by atoms with Crippen molar-refractivity contribution in [3.63, 3.8) is 0 Å². The standard InChI is InChI=1S/C17H16BrF3N4O/c18-13-5-1-2-6-14(13)24-16(26)23-11-7-9-25(10-11)15-12(17(19,20)21)4-3-8-22-15/h1-6,8,11H,7,9-10H2,(H2,23,24,26)/t11-/m1/s1. The number of aromatic nitrogens is 1. The van der Waals surface area contributed by atoms with Crippen molar-refractivity contribution in [3.05, 3.63) is 52.6 Å². The van der Waals surface area contributed by atoms with E-state index < -0.39 is 17.8 Å². The lowest BCUT2D eigenvalue weighted by molar-refractivity contribution is -0.137. The molecule has 5 nitrogen and oxygen atoms in total. The summed E-state index contributed by atoms with van der Waals surface area (Å²) in [6.07, 6.45) is -2.59.